The normalized spacial score (nSPS) is 18.9. The first-order valence-corrected chi connectivity index (χ1v) is 13.2. The fourth-order valence-electron chi connectivity index (χ4n) is 5.30. The van der Waals surface area contributed by atoms with E-state index in [1.54, 1.807) is 0 Å². The quantitative estimate of drug-likeness (QED) is 0.456. The summed E-state index contributed by atoms with van der Waals surface area (Å²) in [6, 6.07) is 12.8. The number of amides is 2. The number of anilines is 1. The Labute approximate surface area is 214 Å². The number of rotatable bonds is 7. The van der Waals surface area contributed by atoms with Gasteiger partial charge in [-0.05, 0) is 79.1 Å². The van der Waals surface area contributed by atoms with Crippen LogP contribution in [0.1, 0.15) is 74.6 Å². The van der Waals surface area contributed by atoms with Crippen LogP contribution in [0.4, 0.5) is 11.4 Å². The Bertz CT molecular complexity index is 1160. The number of aliphatic imine (C=N–C) groups is 1. The molecule has 2 amide bonds. The fraction of sp³-hybridized carbons (Fsp3) is 0.433. The maximum Gasteiger partial charge on any atom is 0.235 e. The highest BCUT2D eigenvalue weighted by Crippen LogP contribution is 2.50. The van der Waals surface area contributed by atoms with Gasteiger partial charge in [0.25, 0.3) is 0 Å². The summed E-state index contributed by atoms with van der Waals surface area (Å²) in [4.78, 5) is 27.1. The average molecular weight is 487 g/mol. The molecule has 1 fully saturated rings. The van der Waals surface area contributed by atoms with Crippen molar-refractivity contribution in [3.63, 3.8) is 0 Å². The Kier molecular flexibility index (Phi) is 8.36. The van der Waals surface area contributed by atoms with Crippen LogP contribution in [0.3, 0.4) is 0 Å². The molecule has 5 rings (SSSR count). The molecule has 1 unspecified atom stereocenters. The van der Waals surface area contributed by atoms with Crippen molar-refractivity contribution in [1.29, 1.82) is 0 Å². The van der Waals surface area contributed by atoms with Crippen LogP contribution in [0.2, 0.25) is 0 Å². The minimum atomic E-state index is -0.428. The van der Waals surface area contributed by atoms with Crippen molar-refractivity contribution < 1.29 is 9.59 Å². The van der Waals surface area contributed by atoms with Crippen molar-refractivity contribution >= 4 is 35.5 Å². The monoisotopic (exact) mass is 486 g/mol. The van der Waals surface area contributed by atoms with Gasteiger partial charge >= 0.3 is 0 Å². The zero-order chi connectivity index (χ0) is 25.5. The van der Waals surface area contributed by atoms with Gasteiger partial charge in [0.2, 0.25) is 12.3 Å². The largest absolute Gasteiger partial charge is 0.372 e. The van der Waals surface area contributed by atoms with E-state index in [-0.39, 0.29) is 12.3 Å². The minimum Gasteiger partial charge on any atom is -0.372 e. The fourth-order valence-corrected chi connectivity index (χ4v) is 5.30. The third kappa shape index (κ3) is 5.59. The van der Waals surface area contributed by atoms with E-state index in [1.807, 2.05) is 0 Å². The first-order valence-electron chi connectivity index (χ1n) is 13.2. The number of benzene rings is 2. The molecule has 190 valence electrons. The maximum absolute atomic E-state index is 13.4. The van der Waals surface area contributed by atoms with Gasteiger partial charge in [-0.2, -0.15) is 0 Å². The maximum atomic E-state index is 13.4. The van der Waals surface area contributed by atoms with Gasteiger partial charge in [-0.15, -0.1) is 0 Å². The van der Waals surface area contributed by atoms with Gasteiger partial charge in [-0.25, -0.2) is 0 Å². The number of allylic oxidation sites excluding steroid dienone is 1. The Morgan fingerprint density at radius 3 is 2.69 bits per heavy atom. The van der Waals surface area contributed by atoms with E-state index in [1.165, 1.54) is 16.8 Å². The molecule has 1 atom stereocenters. The Hall–Kier alpha value is -3.25. The lowest BCUT2D eigenvalue weighted by Crippen LogP contribution is -2.28. The van der Waals surface area contributed by atoms with Crippen LogP contribution in [-0.2, 0) is 28.0 Å². The van der Waals surface area contributed by atoms with E-state index in [0.717, 1.165) is 80.5 Å². The van der Waals surface area contributed by atoms with Crippen LogP contribution < -0.4 is 16.4 Å². The SMILES string of the molecule is CCCC1=Nc2cc(C3(C(=O)Nc4ccc5c(c4)CNCC5)CC3)ccc2C=CC1CCC.NC=O. The summed E-state index contributed by atoms with van der Waals surface area (Å²) in [5.74, 6) is 0.527. The zero-order valence-electron chi connectivity index (χ0n) is 21.5. The van der Waals surface area contributed by atoms with Crippen LogP contribution in [0.25, 0.3) is 6.08 Å². The number of nitrogens with two attached hydrogens (primary N) is 1. The second kappa shape index (κ2) is 11.7. The molecule has 0 saturated heterocycles. The lowest BCUT2D eigenvalue weighted by molar-refractivity contribution is -0.118. The molecule has 0 spiro atoms. The van der Waals surface area contributed by atoms with Crippen molar-refractivity contribution in [3.05, 3.63) is 64.7 Å². The molecular weight excluding hydrogens is 448 g/mol. The molecule has 1 saturated carbocycles. The van der Waals surface area contributed by atoms with Gasteiger partial charge < -0.3 is 16.4 Å². The van der Waals surface area contributed by atoms with Crippen LogP contribution in [0.15, 0.2) is 47.5 Å². The highest BCUT2D eigenvalue weighted by molar-refractivity contribution is 6.02. The lowest BCUT2D eigenvalue weighted by atomic mass is 9.92. The first-order chi connectivity index (χ1) is 17.5. The number of nitrogens with zero attached hydrogens (tertiary/aromatic N) is 1. The molecule has 0 radical (unpaired) electrons. The van der Waals surface area contributed by atoms with Crippen LogP contribution >= 0.6 is 0 Å². The number of carbonyl (C=O) groups excluding carboxylic acids is 2. The Morgan fingerprint density at radius 2 is 1.97 bits per heavy atom. The van der Waals surface area contributed by atoms with E-state index in [0.29, 0.717) is 5.92 Å². The van der Waals surface area contributed by atoms with Crippen LogP contribution in [-0.4, -0.2) is 24.6 Å². The van der Waals surface area contributed by atoms with Gasteiger partial charge in [0.15, 0.2) is 0 Å². The van der Waals surface area contributed by atoms with E-state index >= 15 is 0 Å². The molecule has 3 aliphatic rings. The molecule has 0 bridgehead atoms. The highest BCUT2D eigenvalue weighted by atomic mass is 16.2. The van der Waals surface area contributed by atoms with Gasteiger partial charge in [-0.3, -0.25) is 14.6 Å². The van der Waals surface area contributed by atoms with Gasteiger partial charge in [-0.1, -0.05) is 57.0 Å². The van der Waals surface area contributed by atoms with Crippen molar-refractivity contribution in [2.45, 2.75) is 70.8 Å². The predicted molar refractivity (Wildman–Crippen MR) is 148 cm³/mol. The summed E-state index contributed by atoms with van der Waals surface area (Å²) in [7, 11) is 0. The van der Waals surface area contributed by atoms with E-state index in [9.17, 15) is 4.79 Å². The summed E-state index contributed by atoms with van der Waals surface area (Å²) in [5.41, 5.74) is 11.9. The van der Waals surface area contributed by atoms with E-state index in [2.05, 4.69) is 78.8 Å². The summed E-state index contributed by atoms with van der Waals surface area (Å²) >= 11 is 0. The van der Waals surface area contributed by atoms with Crippen molar-refractivity contribution in [2.24, 2.45) is 16.6 Å². The predicted octanol–water partition coefficient (Wildman–Crippen LogP) is 5.42. The highest BCUT2D eigenvalue weighted by Gasteiger charge is 2.51. The summed E-state index contributed by atoms with van der Waals surface area (Å²) in [6.45, 7) is 6.36. The molecule has 4 N–H and O–H groups in total. The zero-order valence-corrected chi connectivity index (χ0v) is 21.5. The third-order valence-corrected chi connectivity index (χ3v) is 7.42. The average Bonchev–Trinajstić information content (AvgIpc) is 3.71. The second-order valence-corrected chi connectivity index (χ2v) is 9.96. The smallest absolute Gasteiger partial charge is 0.235 e. The number of hydrogen-bond acceptors (Lipinski definition) is 4. The summed E-state index contributed by atoms with van der Waals surface area (Å²) < 4.78 is 0. The second-order valence-electron chi connectivity index (χ2n) is 9.96. The van der Waals surface area contributed by atoms with Crippen LogP contribution in [0, 0.1) is 5.92 Å². The van der Waals surface area contributed by atoms with Gasteiger partial charge in [0, 0.05) is 23.9 Å². The van der Waals surface area contributed by atoms with E-state index in [4.69, 9.17) is 9.79 Å². The molecule has 2 aromatic rings. The lowest BCUT2D eigenvalue weighted by Gasteiger charge is -2.20. The first kappa shape index (κ1) is 25.8. The third-order valence-electron chi connectivity index (χ3n) is 7.42. The molecule has 2 aromatic carbocycles. The van der Waals surface area contributed by atoms with Crippen molar-refractivity contribution in [2.75, 3.05) is 11.9 Å². The van der Waals surface area contributed by atoms with Crippen molar-refractivity contribution in [3.8, 4) is 0 Å². The Balaban J connectivity index is 0.000000967. The molecule has 0 aromatic heterocycles. The number of carbonyl (C=O) groups is 2. The number of hydrogen-bond donors (Lipinski definition) is 3. The summed E-state index contributed by atoms with van der Waals surface area (Å²) in [5, 5.41) is 6.64. The van der Waals surface area contributed by atoms with Gasteiger partial charge in [0.1, 0.15) is 0 Å². The molecule has 1 aliphatic carbocycles. The topological polar surface area (TPSA) is 96.6 Å². The molecular formula is C30H38N4O2. The Morgan fingerprint density at radius 1 is 1.17 bits per heavy atom. The number of nitrogens with one attached hydrogen (secondary N) is 2. The van der Waals surface area contributed by atoms with E-state index < -0.39 is 5.41 Å². The number of fused-ring (bicyclic) bond motifs is 2. The molecule has 36 heavy (non-hydrogen) atoms. The molecule has 6 nitrogen and oxygen atoms in total. The van der Waals surface area contributed by atoms with Crippen molar-refractivity contribution in [1.82, 2.24) is 5.32 Å². The number of primary amides is 1. The summed E-state index contributed by atoms with van der Waals surface area (Å²) in [6.07, 6.45) is 12.1. The standard InChI is InChI=1S/C29H35N3O.CH3NO/c1-3-5-21-7-8-22-9-11-24(18-27(22)32-26(21)6-4-2)29(14-15-29)28(33)31-25-12-10-20-13-16-30-19-23(20)17-25;2-1-3/h7-12,17-18,21,30H,3-6,13-16,19H2,1-2H3,(H,31,33);1H,(H2,2,3). The molecule has 6 heteroatoms. The molecule has 2 aliphatic heterocycles. The van der Waals surface area contributed by atoms with Gasteiger partial charge in [0.05, 0.1) is 11.1 Å². The minimum absolute atomic E-state index is 0.108. The van der Waals surface area contributed by atoms with Crippen LogP contribution in [0.5, 0.6) is 0 Å². The molecule has 2 heterocycles.